The Labute approximate surface area is 231 Å². The van der Waals surface area contributed by atoms with Crippen LogP contribution in [0.5, 0.6) is 0 Å². The summed E-state index contributed by atoms with van der Waals surface area (Å²) in [5, 5.41) is 6.98. The van der Waals surface area contributed by atoms with Crippen LogP contribution in [0.4, 0.5) is 0 Å². The molecule has 0 aliphatic heterocycles. The monoisotopic (exact) mass is 509 g/mol. The van der Waals surface area contributed by atoms with E-state index in [1.165, 1.54) is 65.6 Å². The number of terminal acetylenes is 1. The van der Waals surface area contributed by atoms with Gasteiger partial charge in [-0.15, -0.1) is 6.42 Å². The number of hydrogen-bond acceptors (Lipinski definition) is 3. The molecule has 1 fully saturated rings. The minimum absolute atomic E-state index is 0.181. The zero-order valence-corrected chi connectivity index (χ0v) is 24.6. The van der Waals surface area contributed by atoms with E-state index in [0.29, 0.717) is 5.54 Å². The topological polar surface area (TPSA) is 27.3 Å². The molecular formula is C35H47N3. The van der Waals surface area contributed by atoms with Crippen LogP contribution in [0.3, 0.4) is 0 Å². The van der Waals surface area contributed by atoms with Crippen molar-refractivity contribution >= 4 is 11.1 Å². The number of nitrogens with one attached hydrogen (secondary N) is 2. The predicted molar refractivity (Wildman–Crippen MR) is 164 cm³/mol. The maximum atomic E-state index is 5.63. The number of likely N-dealkylation sites (N-methyl/N-ethyl adjacent to an activating group) is 2. The van der Waals surface area contributed by atoms with E-state index in [-0.39, 0.29) is 5.41 Å². The summed E-state index contributed by atoms with van der Waals surface area (Å²) in [6.07, 6.45) is 13.2. The molecule has 2 aliphatic carbocycles. The molecule has 0 spiro atoms. The van der Waals surface area contributed by atoms with Crippen LogP contribution in [0.15, 0.2) is 48.7 Å². The summed E-state index contributed by atoms with van der Waals surface area (Å²) in [6.45, 7) is 17.1. The Morgan fingerprint density at radius 2 is 1.76 bits per heavy atom. The van der Waals surface area contributed by atoms with Gasteiger partial charge in [-0.3, -0.25) is 4.90 Å². The van der Waals surface area contributed by atoms with E-state index >= 15 is 0 Å². The van der Waals surface area contributed by atoms with Gasteiger partial charge in [0, 0.05) is 54.5 Å². The molecule has 2 N–H and O–H groups in total. The van der Waals surface area contributed by atoms with Gasteiger partial charge < -0.3 is 10.6 Å². The molecule has 0 radical (unpaired) electrons. The Balaban J connectivity index is 1.80. The summed E-state index contributed by atoms with van der Waals surface area (Å²) in [6, 6.07) is 13.3. The molecule has 0 bridgehead atoms. The second kappa shape index (κ2) is 11.5. The molecule has 2 aromatic rings. The lowest BCUT2D eigenvalue weighted by Crippen LogP contribution is -2.54. The molecule has 4 rings (SSSR count). The SMILES string of the molecule is C#Cc1ccc(C2=C(NC)C(C)(C)c3cc(CN(CCNC)C4(CCC)CCC4)c(CC)cc3C2=C)cc1. The van der Waals surface area contributed by atoms with Crippen LogP contribution in [0.25, 0.3) is 11.1 Å². The zero-order chi connectivity index (χ0) is 27.5. The summed E-state index contributed by atoms with van der Waals surface area (Å²) in [4.78, 5) is 2.80. The Kier molecular flexibility index (Phi) is 8.55. The Bertz CT molecular complexity index is 1240. The van der Waals surface area contributed by atoms with E-state index in [1.807, 2.05) is 19.2 Å². The lowest BCUT2D eigenvalue weighted by atomic mass is 9.67. The minimum atomic E-state index is -0.181. The van der Waals surface area contributed by atoms with E-state index in [1.54, 1.807) is 0 Å². The van der Waals surface area contributed by atoms with Crippen molar-refractivity contribution in [3.63, 3.8) is 0 Å². The number of allylic oxidation sites excluding steroid dienone is 3. The molecule has 3 heteroatoms. The molecule has 0 heterocycles. The predicted octanol–water partition coefficient (Wildman–Crippen LogP) is 6.91. The van der Waals surface area contributed by atoms with Gasteiger partial charge in [0.15, 0.2) is 0 Å². The lowest BCUT2D eigenvalue weighted by Gasteiger charge is -2.51. The van der Waals surface area contributed by atoms with Gasteiger partial charge in [-0.25, -0.2) is 0 Å². The summed E-state index contributed by atoms with van der Waals surface area (Å²) >= 11 is 0. The van der Waals surface area contributed by atoms with Crippen molar-refractivity contribution < 1.29 is 0 Å². The van der Waals surface area contributed by atoms with Crippen LogP contribution in [-0.4, -0.2) is 37.6 Å². The van der Waals surface area contributed by atoms with Crippen molar-refractivity contribution in [2.24, 2.45) is 0 Å². The van der Waals surface area contributed by atoms with Gasteiger partial charge in [-0.05, 0) is 84.7 Å². The highest BCUT2D eigenvalue weighted by atomic mass is 15.2. The van der Waals surface area contributed by atoms with Crippen LogP contribution >= 0.6 is 0 Å². The second-order valence-corrected chi connectivity index (χ2v) is 11.7. The number of aryl methyl sites for hydroxylation is 1. The molecule has 0 aromatic heterocycles. The summed E-state index contributed by atoms with van der Waals surface area (Å²) in [5.41, 5.74) is 11.3. The summed E-state index contributed by atoms with van der Waals surface area (Å²) in [7, 11) is 4.11. The second-order valence-electron chi connectivity index (χ2n) is 11.7. The molecule has 202 valence electrons. The van der Waals surface area contributed by atoms with Crippen molar-refractivity contribution in [3.05, 3.63) is 82.1 Å². The number of fused-ring (bicyclic) bond motifs is 1. The molecule has 2 aliphatic rings. The van der Waals surface area contributed by atoms with Gasteiger partial charge in [0.25, 0.3) is 0 Å². The minimum Gasteiger partial charge on any atom is -0.390 e. The first-order valence-corrected chi connectivity index (χ1v) is 14.5. The smallest absolute Gasteiger partial charge is 0.0306 e. The van der Waals surface area contributed by atoms with Gasteiger partial charge in [0.1, 0.15) is 0 Å². The van der Waals surface area contributed by atoms with Gasteiger partial charge in [-0.1, -0.05) is 70.9 Å². The molecule has 1 saturated carbocycles. The molecule has 0 unspecified atom stereocenters. The van der Waals surface area contributed by atoms with E-state index in [4.69, 9.17) is 6.42 Å². The van der Waals surface area contributed by atoms with Crippen LogP contribution in [-0.2, 0) is 18.4 Å². The normalized spacial score (nSPS) is 17.7. The number of benzene rings is 2. The van der Waals surface area contributed by atoms with Gasteiger partial charge in [0.2, 0.25) is 0 Å². The van der Waals surface area contributed by atoms with Crippen molar-refractivity contribution in [1.82, 2.24) is 15.5 Å². The first kappa shape index (κ1) is 28.2. The fourth-order valence-corrected chi connectivity index (χ4v) is 6.87. The standard InChI is InChI=1S/C35H47N3/c1-9-17-35(18-12-19-35)38(21-20-36-7)24-29-23-31-30(22-27(29)11-3)25(4)32(33(37-8)34(31,5)6)28-15-13-26(10-2)14-16-28/h2,13-16,22-23,36-37H,4,9,11-12,17-21,24H2,1,3,5-8H3. The number of hydrogen-bond donors (Lipinski definition) is 2. The first-order chi connectivity index (χ1) is 18.3. The van der Waals surface area contributed by atoms with Crippen LogP contribution < -0.4 is 10.6 Å². The maximum absolute atomic E-state index is 5.63. The maximum Gasteiger partial charge on any atom is 0.0306 e. The quantitative estimate of drug-likeness (QED) is 0.322. The van der Waals surface area contributed by atoms with Gasteiger partial charge >= 0.3 is 0 Å². The van der Waals surface area contributed by atoms with Gasteiger partial charge in [0.05, 0.1) is 0 Å². The number of rotatable bonds is 11. The van der Waals surface area contributed by atoms with Crippen molar-refractivity contribution in [1.29, 1.82) is 0 Å². The summed E-state index contributed by atoms with van der Waals surface area (Å²) < 4.78 is 0. The number of nitrogens with zero attached hydrogens (tertiary/aromatic N) is 1. The van der Waals surface area contributed by atoms with Gasteiger partial charge in [-0.2, -0.15) is 0 Å². The molecule has 0 saturated heterocycles. The highest BCUT2D eigenvalue weighted by Crippen LogP contribution is 2.49. The Hall–Kier alpha value is -2.80. The molecule has 0 atom stereocenters. The first-order valence-electron chi connectivity index (χ1n) is 14.5. The highest BCUT2D eigenvalue weighted by molar-refractivity contribution is 6.08. The molecule has 2 aromatic carbocycles. The largest absolute Gasteiger partial charge is 0.390 e. The third-order valence-corrected chi connectivity index (χ3v) is 9.15. The highest BCUT2D eigenvalue weighted by Gasteiger charge is 2.42. The van der Waals surface area contributed by atoms with Crippen LogP contribution in [0.1, 0.15) is 93.2 Å². The summed E-state index contributed by atoms with van der Waals surface area (Å²) in [5.74, 6) is 2.74. The molecular weight excluding hydrogens is 462 g/mol. The van der Waals surface area contributed by atoms with E-state index in [9.17, 15) is 0 Å². The third kappa shape index (κ3) is 4.97. The van der Waals surface area contributed by atoms with Crippen LogP contribution in [0, 0.1) is 12.3 Å². The van der Waals surface area contributed by atoms with Crippen molar-refractivity contribution in [2.75, 3.05) is 27.2 Å². The van der Waals surface area contributed by atoms with Crippen LogP contribution in [0.2, 0.25) is 0 Å². The third-order valence-electron chi connectivity index (χ3n) is 9.15. The average Bonchev–Trinajstić information content (AvgIpc) is 2.90. The average molecular weight is 510 g/mol. The van der Waals surface area contributed by atoms with Crippen molar-refractivity contribution in [2.45, 2.75) is 83.7 Å². The Morgan fingerprint density at radius 1 is 1.05 bits per heavy atom. The fraction of sp³-hybridized carbons (Fsp3) is 0.486. The van der Waals surface area contributed by atoms with E-state index in [0.717, 1.165) is 42.8 Å². The molecule has 0 amide bonds. The zero-order valence-electron chi connectivity index (χ0n) is 24.6. The lowest BCUT2D eigenvalue weighted by molar-refractivity contribution is 0.00182. The fourth-order valence-electron chi connectivity index (χ4n) is 6.87. The Morgan fingerprint density at radius 3 is 2.29 bits per heavy atom. The van der Waals surface area contributed by atoms with E-state index in [2.05, 4.69) is 87.0 Å². The van der Waals surface area contributed by atoms with Crippen molar-refractivity contribution in [3.8, 4) is 12.3 Å². The van der Waals surface area contributed by atoms with E-state index < -0.39 is 0 Å². The molecule has 38 heavy (non-hydrogen) atoms. The molecule has 3 nitrogen and oxygen atoms in total.